The van der Waals surface area contributed by atoms with Crippen molar-refractivity contribution in [2.45, 2.75) is 13.5 Å². The van der Waals surface area contributed by atoms with E-state index in [-0.39, 0.29) is 0 Å². The topological polar surface area (TPSA) is 63.8 Å². The molecule has 0 amide bonds. The number of fused-ring (bicyclic) bond motifs is 1. The molecule has 4 heteroatoms. The molecule has 2 aromatic carbocycles. The lowest BCUT2D eigenvalue weighted by Gasteiger charge is -2.10. The summed E-state index contributed by atoms with van der Waals surface area (Å²) in [5, 5.41) is 4.28. The highest BCUT2D eigenvalue weighted by Crippen LogP contribution is 2.17. The first-order chi connectivity index (χ1) is 9.74. The Labute approximate surface area is 117 Å². The standard InChI is InChI=1S/C16H16N4/c1-11-12(6-4-7-14(11)17)9-18-16-19-10-13-5-2-3-8-15(13)20-16/h2-8,10H,9,17H2,1H3,(H,18,19,20). The number of aromatic nitrogens is 2. The molecule has 3 rings (SSSR count). The average molecular weight is 264 g/mol. The van der Waals surface area contributed by atoms with E-state index in [1.165, 1.54) is 0 Å². The van der Waals surface area contributed by atoms with Gasteiger partial charge < -0.3 is 11.1 Å². The number of para-hydroxylation sites is 1. The van der Waals surface area contributed by atoms with Gasteiger partial charge in [-0.05, 0) is 30.2 Å². The maximum absolute atomic E-state index is 5.90. The van der Waals surface area contributed by atoms with E-state index in [4.69, 9.17) is 5.73 Å². The molecule has 0 unspecified atom stereocenters. The van der Waals surface area contributed by atoms with Gasteiger partial charge in [0.2, 0.25) is 5.95 Å². The summed E-state index contributed by atoms with van der Waals surface area (Å²) in [7, 11) is 0. The molecular formula is C16H16N4. The van der Waals surface area contributed by atoms with Gasteiger partial charge in [-0.15, -0.1) is 0 Å². The second-order valence-electron chi connectivity index (χ2n) is 4.74. The zero-order valence-electron chi connectivity index (χ0n) is 11.3. The summed E-state index contributed by atoms with van der Waals surface area (Å²) in [5.74, 6) is 0.630. The molecule has 0 saturated heterocycles. The van der Waals surface area contributed by atoms with Gasteiger partial charge in [-0.1, -0.05) is 30.3 Å². The van der Waals surface area contributed by atoms with Crippen LogP contribution in [0.5, 0.6) is 0 Å². The normalized spacial score (nSPS) is 10.7. The monoisotopic (exact) mass is 264 g/mol. The van der Waals surface area contributed by atoms with Crippen LogP contribution in [0.2, 0.25) is 0 Å². The number of nitrogens with two attached hydrogens (primary N) is 1. The van der Waals surface area contributed by atoms with Gasteiger partial charge in [0.1, 0.15) is 0 Å². The van der Waals surface area contributed by atoms with Crippen molar-refractivity contribution in [2.75, 3.05) is 11.1 Å². The van der Waals surface area contributed by atoms with Crippen molar-refractivity contribution < 1.29 is 0 Å². The van der Waals surface area contributed by atoms with E-state index in [9.17, 15) is 0 Å². The molecule has 3 aromatic rings. The van der Waals surface area contributed by atoms with Gasteiger partial charge in [-0.25, -0.2) is 9.97 Å². The molecule has 0 fully saturated rings. The van der Waals surface area contributed by atoms with E-state index >= 15 is 0 Å². The molecule has 4 nitrogen and oxygen atoms in total. The number of hydrogen-bond donors (Lipinski definition) is 2. The summed E-state index contributed by atoms with van der Waals surface area (Å²) in [6, 6.07) is 13.9. The fraction of sp³-hybridized carbons (Fsp3) is 0.125. The van der Waals surface area contributed by atoms with Gasteiger partial charge in [0.15, 0.2) is 0 Å². The highest BCUT2D eigenvalue weighted by atomic mass is 15.1. The van der Waals surface area contributed by atoms with Crippen molar-refractivity contribution >= 4 is 22.5 Å². The van der Waals surface area contributed by atoms with Crippen LogP contribution in [-0.4, -0.2) is 9.97 Å². The third kappa shape index (κ3) is 2.40. The van der Waals surface area contributed by atoms with E-state index < -0.39 is 0 Å². The number of nitrogens with one attached hydrogen (secondary N) is 1. The Morgan fingerprint density at radius 3 is 2.85 bits per heavy atom. The lowest BCUT2D eigenvalue weighted by atomic mass is 10.1. The minimum Gasteiger partial charge on any atom is -0.399 e. The molecule has 0 aliphatic carbocycles. The smallest absolute Gasteiger partial charge is 0.223 e. The summed E-state index contributed by atoms with van der Waals surface area (Å²) < 4.78 is 0. The Morgan fingerprint density at radius 1 is 1.10 bits per heavy atom. The predicted molar refractivity (Wildman–Crippen MR) is 82.5 cm³/mol. The van der Waals surface area contributed by atoms with E-state index in [0.717, 1.165) is 27.7 Å². The lowest BCUT2D eigenvalue weighted by Crippen LogP contribution is -2.06. The molecule has 3 N–H and O–H groups in total. The molecule has 0 radical (unpaired) electrons. The third-order valence-corrected chi connectivity index (χ3v) is 3.41. The van der Waals surface area contributed by atoms with Crippen molar-refractivity contribution in [3.8, 4) is 0 Å². The summed E-state index contributed by atoms with van der Waals surface area (Å²) in [5.41, 5.74) is 9.91. The Hall–Kier alpha value is -2.62. The van der Waals surface area contributed by atoms with Gasteiger partial charge in [0, 0.05) is 23.8 Å². The Balaban J connectivity index is 1.81. The second kappa shape index (κ2) is 5.17. The molecule has 100 valence electrons. The van der Waals surface area contributed by atoms with Gasteiger partial charge >= 0.3 is 0 Å². The van der Waals surface area contributed by atoms with Crippen molar-refractivity contribution in [1.82, 2.24) is 9.97 Å². The number of rotatable bonds is 3. The molecule has 0 saturated carbocycles. The first-order valence-corrected chi connectivity index (χ1v) is 6.53. The average Bonchev–Trinajstić information content (AvgIpc) is 2.48. The Bertz CT molecular complexity index is 752. The van der Waals surface area contributed by atoms with Crippen molar-refractivity contribution in [1.29, 1.82) is 0 Å². The zero-order valence-corrected chi connectivity index (χ0v) is 11.3. The molecule has 1 aromatic heterocycles. The fourth-order valence-corrected chi connectivity index (χ4v) is 2.13. The van der Waals surface area contributed by atoms with E-state index in [1.54, 1.807) is 0 Å². The first-order valence-electron chi connectivity index (χ1n) is 6.53. The first kappa shape index (κ1) is 12.4. The number of hydrogen-bond acceptors (Lipinski definition) is 4. The second-order valence-corrected chi connectivity index (χ2v) is 4.74. The van der Waals surface area contributed by atoms with Crippen molar-refractivity contribution in [2.24, 2.45) is 0 Å². The van der Waals surface area contributed by atoms with Crippen LogP contribution in [0.15, 0.2) is 48.7 Å². The minimum absolute atomic E-state index is 0.630. The minimum atomic E-state index is 0.630. The molecule has 0 aliphatic heterocycles. The van der Waals surface area contributed by atoms with Crippen molar-refractivity contribution in [3.63, 3.8) is 0 Å². The Morgan fingerprint density at radius 2 is 1.95 bits per heavy atom. The van der Waals surface area contributed by atoms with Crippen LogP contribution in [0.3, 0.4) is 0 Å². The number of nitrogens with zero attached hydrogens (tertiary/aromatic N) is 2. The SMILES string of the molecule is Cc1c(N)cccc1CNc1ncc2ccccc2n1. The van der Waals surface area contributed by atoms with E-state index in [1.807, 2.05) is 49.5 Å². The van der Waals surface area contributed by atoms with Crippen molar-refractivity contribution in [3.05, 3.63) is 59.8 Å². The van der Waals surface area contributed by atoms with Crippen LogP contribution < -0.4 is 11.1 Å². The molecule has 0 aliphatic rings. The maximum Gasteiger partial charge on any atom is 0.223 e. The highest BCUT2D eigenvalue weighted by Gasteiger charge is 2.03. The molecule has 0 atom stereocenters. The summed E-state index contributed by atoms with van der Waals surface area (Å²) in [6.45, 7) is 2.68. The summed E-state index contributed by atoms with van der Waals surface area (Å²) in [6.07, 6.45) is 1.83. The highest BCUT2D eigenvalue weighted by molar-refractivity contribution is 5.78. The molecule has 1 heterocycles. The van der Waals surface area contributed by atoms with Crippen LogP contribution in [0.1, 0.15) is 11.1 Å². The summed E-state index contributed by atoms with van der Waals surface area (Å²) in [4.78, 5) is 8.81. The Kier molecular flexibility index (Phi) is 3.21. The summed E-state index contributed by atoms with van der Waals surface area (Å²) >= 11 is 0. The van der Waals surface area contributed by atoms with Crippen LogP contribution in [-0.2, 0) is 6.54 Å². The lowest BCUT2D eigenvalue weighted by molar-refractivity contribution is 1.06. The largest absolute Gasteiger partial charge is 0.399 e. The predicted octanol–water partition coefficient (Wildman–Crippen LogP) is 3.13. The molecule has 0 bridgehead atoms. The van der Waals surface area contributed by atoms with Gasteiger partial charge in [0.05, 0.1) is 5.52 Å². The zero-order chi connectivity index (χ0) is 13.9. The van der Waals surface area contributed by atoms with E-state index in [0.29, 0.717) is 12.5 Å². The fourth-order valence-electron chi connectivity index (χ4n) is 2.13. The molecule has 20 heavy (non-hydrogen) atoms. The van der Waals surface area contributed by atoms with Crippen LogP contribution >= 0.6 is 0 Å². The number of nitrogen functional groups attached to an aromatic ring is 1. The third-order valence-electron chi connectivity index (χ3n) is 3.41. The van der Waals surface area contributed by atoms with Crippen LogP contribution in [0.25, 0.3) is 10.9 Å². The quantitative estimate of drug-likeness (QED) is 0.713. The maximum atomic E-state index is 5.90. The van der Waals surface area contributed by atoms with Gasteiger partial charge in [-0.2, -0.15) is 0 Å². The van der Waals surface area contributed by atoms with E-state index in [2.05, 4.69) is 21.4 Å². The van der Waals surface area contributed by atoms with Gasteiger partial charge in [0.25, 0.3) is 0 Å². The number of anilines is 2. The molecular weight excluding hydrogens is 248 g/mol. The van der Waals surface area contributed by atoms with Crippen LogP contribution in [0, 0.1) is 6.92 Å². The molecule has 0 spiro atoms. The van der Waals surface area contributed by atoms with Crippen LogP contribution in [0.4, 0.5) is 11.6 Å². The number of benzene rings is 2. The van der Waals surface area contributed by atoms with Gasteiger partial charge in [-0.3, -0.25) is 0 Å².